The third-order valence-corrected chi connectivity index (χ3v) is 6.93. The van der Waals surface area contributed by atoms with Gasteiger partial charge in [-0.1, -0.05) is 11.6 Å². The van der Waals surface area contributed by atoms with Gasteiger partial charge in [-0.3, -0.25) is 9.47 Å². The molecular weight excluding hydrogens is 457 g/mol. The van der Waals surface area contributed by atoms with Gasteiger partial charge in [0.15, 0.2) is 17.4 Å². The Morgan fingerprint density at radius 3 is 2.74 bits per heavy atom. The van der Waals surface area contributed by atoms with E-state index in [0.717, 1.165) is 48.8 Å². The molecule has 2 aliphatic heterocycles. The summed E-state index contributed by atoms with van der Waals surface area (Å²) < 4.78 is 21.0. The van der Waals surface area contributed by atoms with E-state index in [2.05, 4.69) is 35.6 Å². The number of methoxy groups -OCH3 is 1. The number of hydrogen-bond acceptors (Lipinski definition) is 7. The topological polar surface area (TPSA) is 83.1 Å². The molecule has 1 aromatic carbocycles. The standard InChI is InChI=1S/C24H25ClFN7O/c1-15(11-27)32-13-17-9-18(25)3-4-20(17)33-23(14-32)29-30-24(33)16-5-7-31(8-6-16)22-10-21(34-2)19(26)12-28-22/h3-4,9-10,12,15-16H,5-8,13-14H2,1-2H3. The second-order valence-electron chi connectivity index (χ2n) is 8.73. The van der Waals surface area contributed by atoms with Crippen LogP contribution in [-0.2, 0) is 13.1 Å². The molecule has 1 atom stereocenters. The van der Waals surface area contributed by atoms with Crippen LogP contribution >= 0.6 is 11.6 Å². The zero-order valence-corrected chi connectivity index (χ0v) is 19.8. The first kappa shape index (κ1) is 22.6. The molecule has 34 heavy (non-hydrogen) atoms. The first-order valence-corrected chi connectivity index (χ1v) is 11.7. The molecule has 10 heteroatoms. The van der Waals surface area contributed by atoms with Crippen LogP contribution in [0.1, 0.15) is 42.9 Å². The van der Waals surface area contributed by atoms with Crippen molar-refractivity contribution in [1.29, 1.82) is 5.26 Å². The van der Waals surface area contributed by atoms with Crippen LogP contribution in [0.5, 0.6) is 5.75 Å². The molecule has 3 aromatic rings. The number of halogens is 2. The fourth-order valence-corrected chi connectivity index (χ4v) is 4.97. The Kier molecular flexibility index (Phi) is 6.11. The van der Waals surface area contributed by atoms with Gasteiger partial charge in [0, 0.05) is 36.6 Å². The van der Waals surface area contributed by atoms with Crippen molar-refractivity contribution >= 4 is 17.4 Å². The molecule has 0 N–H and O–H groups in total. The van der Waals surface area contributed by atoms with Crippen LogP contribution in [0.15, 0.2) is 30.5 Å². The molecule has 1 unspecified atom stereocenters. The van der Waals surface area contributed by atoms with Gasteiger partial charge in [-0.25, -0.2) is 9.37 Å². The molecule has 2 aliphatic rings. The van der Waals surface area contributed by atoms with Gasteiger partial charge in [0.25, 0.3) is 0 Å². The average Bonchev–Trinajstić information content (AvgIpc) is 3.19. The van der Waals surface area contributed by atoms with E-state index in [1.807, 2.05) is 25.1 Å². The summed E-state index contributed by atoms with van der Waals surface area (Å²) in [6.45, 7) is 4.57. The van der Waals surface area contributed by atoms with Crippen LogP contribution in [-0.4, -0.2) is 50.9 Å². The highest BCUT2D eigenvalue weighted by atomic mass is 35.5. The van der Waals surface area contributed by atoms with Crippen molar-refractivity contribution < 1.29 is 9.13 Å². The fraction of sp³-hybridized carbons (Fsp3) is 0.417. The highest BCUT2D eigenvalue weighted by Gasteiger charge is 2.31. The van der Waals surface area contributed by atoms with Crippen molar-refractivity contribution in [3.8, 4) is 17.5 Å². The molecule has 0 radical (unpaired) electrons. The van der Waals surface area contributed by atoms with E-state index < -0.39 is 5.82 Å². The maximum atomic E-state index is 13.8. The first-order chi connectivity index (χ1) is 16.5. The van der Waals surface area contributed by atoms with E-state index in [1.54, 1.807) is 6.07 Å². The summed E-state index contributed by atoms with van der Waals surface area (Å²) in [5, 5.41) is 19.3. The Morgan fingerprint density at radius 2 is 2.00 bits per heavy atom. The zero-order valence-electron chi connectivity index (χ0n) is 19.1. The summed E-state index contributed by atoms with van der Waals surface area (Å²) in [5.74, 6) is 2.40. The minimum Gasteiger partial charge on any atom is -0.493 e. The predicted molar refractivity (Wildman–Crippen MR) is 126 cm³/mol. The van der Waals surface area contributed by atoms with Crippen LogP contribution in [0.2, 0.25) is 5.02 Å². The predicted octanol–water partition coefficient (Wildman–Crippen LogP) is 4.08. The molecule has 0 saturated carbocycles. The largest absolute Gasteiger partial charge is 0.493 e. The molecule has 5 rings (SSSR count). The number of nitriles is 1. The molecule has 1 fully saturated rings. The van der Waals surface area contributed by atoms with Gasteiger partial charge >= 0.3 is 0 Å². The molecule has 0 amide bonds. The van der Waals surface area contributed by atoms with Gasteiger partial charge in [-0.15, -0.1) is 10.2 Å². The van der Waals surface area contributed by atoms with Gasteiger partial charge in [-0.2, -0.15) is 5.26 Å². The van der Waals surface area contributed by atoms with Gasteiger partial charge < -0.3 is 9.64 Å². The molecule has 1 saturated heterocycles. The highest BCUT2D eigenvalue weighted by Crippen LogP contribution is 2.35. The maximum Gasteiger partial charge on any atom is 0.183 e. The van der Waals surface area contributed by atoms with Crippen LogP contribution in [0, 0.1) is 17.1 Å². The Morgan fingerprint density at radius 1 is 1.21 bits per heavy atom. The number of ether oxygens (including phenoxy) is 1. The molecule has 0 spiro atoms. The van der Waals surface area contributed by atoms with E-state index in [0.29, 0.717) is 23.9 Å². The highest BCUT2D eigenvalue weighted by molar-refractivity contribution is 6.30. The lowest BCUT2D eigenvalue weighted by Gasteiger charge is -2.32. The fourth-order valence-electron chi connectivity index (χ4n) is 4.78. The number of piperidine rings is 1. The molecule has 0 bridgehead atoms. The lowest BCUT2D eigenvalue weighted by molar-refractivity contribution is 0.225. The number of pyridine rings is 1. The summed E-state index contributed by atoms with van der Waals surface area (Å²) in [7, 11) is 1.45. The second kappa shape index (κ2) is 9.20. The van der Waals surface area contributed by atoms with Crippen LogP contribution < -0.4 is 9.64 Å². The van der Waals surface area contributed by atoms with Gasteiger partial charge in [0.2, 0.25) is 0 Å². The molecule has 0 aliphatic carbocycles. The lowest BCUT2D eigenvalue weighted by Crippen LogP contribution is -2.34. The van der Waals surface area contributed by atoms with Gasteiger partial charge in [0.1, 0.15) is 11.6 Å². The quantitative estimate of drug-likeness (QED) is 0.555. The summed E-state index contributed by atoms with van der Waals surface area (Å²) in [5.41, 5.74) is 2.06. The summed E-state index contributed by atoms with van der Waals surface area (Å²) in [4.78, 5) is 8.47. The summed E-state index contributed by atoms with van der Waals surface area (Å²) in [6.07, 6.45) is 2.93. The minimum atomic E-state index is -0.467. The van der Waals surface area contributed by atoms with Gasteiger partial charge in [0.05, 0.1) is 37.6 Å². The Labute approximate surface area is 202 Å². The molecule has 176 valence electrons. The van der Waals surface area contributed by atoms with E-state index in [-0.39, 0.29) is 17.7 Å². The lowest BCUT2D eigenvalue weighted by atomic mass is 9.95. The van der Waals surface area contributed by atoms with E-state index in [9.17, 15) is 9.65 Å². The number of rotatable bonds is 4. The minimum absolute atomic E-state index is 0.196. The SMILES string of the molecule is COc1cc(N2CCC(c3nnc4n3-c3ccc(Cl)cc3CN(C(C)C#N)C4)CC2)ncc1F. The number of anilines is 1. The van der Waals surface area contributed by atoms with Gasteiger partial charge in [-0.05, 0) is 43.5 Å². The van der Waals surface area contributed by atoms with E-state index in [1.165, 1.54) is 13.3 Å². The number of nitrogens with zero attached hydrogens (tertiary/aromatic N) is 7. The monoisotopic (exact) mass is 481 g/mol. The maximum absolute atomic E-state index is 13.8. The summed E-state index contributed by atoms with van der Waals surface area (Å²) in [6, 6.07) is 9.57. The second-order valence-corrected chi connectivity index (χ2v) is 9.17. The third kappa shape index (κ3) is 4.08. The molecule has 4 heterocycles. The third-order valence-electron chi connectivity index (χ3n) is 6.70. The van der Waals surface area contributed by atoms with Crippen LogP contribution in [0.3, 0.4) is 0 Å². The first-order valence-electron chi connectivity index (χ1n) is 11.3. The zero-order chi connectivity index (χ0) is 23.8. The Balaban J connectivity index is 1.43. The van der Waals surface area contributed by atoms with Crippen molar-refractivity contribution in [3.05, 3.63) is 58.5 Å². The van der Waals surface area contributed by atoms with Crippen molar-refractivity contribution in [2.45, 2.75) is 44.8 Å². The molecular formula is C24H25ClFN7O. The van der Waals surface area contributed by atoms with Crippen LogP contribution in [0.4, 0.5) is 10.2 Å². The van der Waals surface area contributed by atoms with Crippen molar-refractivity contribution in [3.63, 3.8) is 0 Å². The average molecular weight is 482 g/mol. The Bertz CT molecular complexity index is 1250. The van der Waals surface area contributed by atoms with E-state index in [4.69, 9.17) is 16.3 Å². The van der Waals surface area contributed by atoms with Crippen LogP contribution in [0.25, 0.3) is 5.69 Å². The summed E-state index contributed by atoms with van der Waals surface area (Å²) >= 11 is 6.32. The van der Waals surface area contributed by atoms with Crippen molar-refractivity contribution in [2.75, 3.05) is 25.1 Å². The number of aromatic nitrogens is 4. The molecule has 8 nitrogen and oxygen atoms in total. The van der Waals surface area contributed by atoms with E-state index >= 15 is 0 Å². The van der Waals surface area contributed by atoms with Crippen molar-refractivity contribution in [2.24, 2.45) is 0 Å². The van der Waals surface area contributed by atoms with Crippen molar-refractivity contribution in [1.82, 2.24) is 24.6 Å². The Hall–Kier alpha value is -3.22. The molecule has 2 aromatic heterocycles. The smallest absolute Gasteiger partial charge is 0.183 e. The number of fused-ring (bicyclic) bond motifs is 3. The number of benzene rings is 1. The number of hydrogen-bond donors (Lipinski definition) is 0. The normalized spacial score (nSPS) is 17.4.